The normalized spacial score (nSPS) is 11.2. The molecule has 7 heteroatoms. The second-order valence-corrected chi connectivity index (χ2v) is 9.07. The molecule has 0 aliphatic heterocycles. The van der Waals surface area contributed by atoms with E-state index in [1.807, 2.05) is 104 Å². The van der Waals surface area contributed by atoms with E-state index < -0.39 is 12.1 Å². The molecule has 1 atom stereocenters. The van der Waals surface area contributed by atoms with Crippen LogP contribution in [0.25, 0.3) is 0 Å². The lowest BCUT2D eigenvalue weighted by Gasteiger charge is -2.20. The summed E-state index contributed by atoms with van der Waals surface area (Å²) < 4.78 is 16.6. The van der Waals surface area contributed by atoms with Crippen LogP contribution in [0, 0.1) is 6.92 Å². The van der Waals surface area contributed by atoms with Crippen LogP contribution in [0.2, 0.25) is 0 Å². The molecule has 0 fully saturated rings. The highest BCUT2D eigenvalue weighted by molar-refractivity contribution is 5.98. The summed E-state index contributed by atoms with van der Waals surface area (Å²) in [4.78, 5) is 26.0. The van der Waals surface area contributed by atoms with Gasteiger partial charge in [0.15, 0.2) is 0 Å². The van der Waals surface area contributed by atoms with Gasteiger partial charge >= 0.3 is 6.09 Å². The first kappa shape index (κ1) is 27.3. The number of amides is 2. The second kappa shape index (κ2) is 13.7. The Balaban J connectivity index is 1.44. The minimum Gasteiger partial charge on any atom is -0.495 e. The number of carbonyl (C=O) groups excluding carboxylic acids is 2. The number of carbonyl (C=O) groups is 2. The van der Waals surface area contributed by atoms with Crippen LogP contribution in [0.15, 0.2) is 103 Å². The van der Waals surface area contributed by atoms with Crippen LogP contribution >= 0.6 is 0 Å². The van der Waals surface area contributed by atoms with E-state index in [4.69, 9.17) is 14.2 Å². The molecule has 2 N–H and O–H groups in total. The molecule has 0 saturated heterocycles. The first-order valence-electron chi connectivity index (χ1n) is 12.7. The van der Waals surface area contributed by atoms with E-state index in [1.54, 1.807) is 13.2 Å². The van der Waals surface area contributed by atoms with E-state index in [-0.39, 0.29) is 18.9 Å². The smallest absolute Gasteiger partial charge is 0.408 e. The van der Waals surface area contributed by atoms with Crippen molar-refractivity contribution in [1.82, 2.24) is 5.32 Å². The van der Waals surface area contributed by atoms with E-state index in [2.05, 4.69) is 10.6 Å². The van der Waals surface area contributed by atoms with Crippen LogP contribution in [-0.4, -0.2) is 25.2 Å². The van der Waals surface area contributed by atoms with Gasteiger partial charge in [0.05, 0.1) is 12.8 Å². The molecule has 0 unspecified atom stereocenters. The highest BCUT2D eigenvalue weighted by Crippen LogP contribution is 2.25. The Bertz CT molecular complexity index is 1360. The molecule has 4 aromatic carbocycles. The van der Waals surface area contributed by atoms with Gasteiger partial charge in [-0.1, -0.05) is 78.9 Å². The largest absolute Gasteiger partial charge is 0.495 e. The first-order valence-corrected chi connectivity index (χ1v) is 12.7. The maximum atomic E-state index is 13.4. The molecule has 4 rings (SSSR count). The van der Waals surface area contributed by atoms with Crippen LogP contribution in [0.3, 0.4) is 0 Å². The number of benzene rings is 4. The Morgan fingerprint density at radius 3 is 2.05 bits per heavy atom. The number of hydrogen-bond acceptors (Lipinski definition) is 5. The second-order valence-electron chi connectivity index (χ2n) is 9.07. The standard InChI is InChI=1S/C32H32N2O5/c1-23-13-18-30(37-2)28(19-23)33-31(35)29(34-32(36)39-22-26-11-7-4-8-12-26)20-24-14-16-27(17-15-24)38-21-25-9-5-3-6-10-25/h3-19,29H,20-22H2,1-2H3,(H,33,35)(H,34,36)/t29-/m1/s1. The number of rotatable bonds is 11. The fourth-order valence-electron chi connectivity index (χ4n) is 3.95. The molecule has 0 aliphatic rings. The Hall–Kier alpha value is -4.78. The van der Waals surface area contributed by atoms with Gasteiger partial charge in [0.25, 0.3) is 0 Å². The SMILES string of the molecule is COc1ccc(C)cc1NC(=O)[C@@H](Cc1ccc(OCc2ccccc2)cc1)NC(=O)OCc1ccccc1. The zero-order valence-electron chi connectivity index (χ0n) is 22.1. The summed E-state index contributed by atoms with van der Waals surface area (Å²) >= 11 is 0. The van der Waals surface area contributed by atoms with Gasteiger partial charge in [-0.3, -0.25) is 4.79 Å². The summed E-state index contributed by atoms with van der Waals surface area (Å²) in [6, 6.07) is 31.3. The number of aryl methyl sites for hydroxylation is 1. The molecule has 0 bridgehead atoms. The van der Waals surface area contributed by atoms with Gasteiger partial charge in [-0.2, -0.15) is 0 Å². The van der Waals surface area contributed by atoms with Crippen LogP contribution in [0.5, 0.6) is 11.5 Å². The summed E-state index contributed by atoms with van der Waals surface area (Å²) in [6.07, 6.45) is -0.433. The number of nitrogens with one attached hydrogen (secondary N) is 2. The first-order chi connectivity index (χ1) is 19.0. The zero-order chi connectivity index (χ0) is 27.5. The lowest BCUT2D eigenvalue weighted by molar-refractivity contribution is -0.118. The zero-order valence-corrected chi connectivity index (χ0v) is 22.1. The highest BCUT2D eigenvalue weighted by atomic mass is 16.5. The summed E-state index contributed by atoms with van der Waals surface area (Å²) in [5.74, 6) is 0.850. The Kier molecular flexibility index (Phi) is 9.56. The van der Waals surface area contributed by atoms with Crippen LogP contribution in [0.4, 0.5) is 10.5 Å². The Labute approximate surface area is 228 Å². The third kappa shape index (κ3) is 8.36. The van der Waals surface area contributed by atoms with Gasteiger partial charge < -0.3 is 24.8 Å². The molecule has 0 saturated carbocycles. The van der Waals surface area contributed by atoms with E-state index in [9.17, 15) is 9.59 Å². The quantitative estimate of drug-likeness (QED) is 0.249. The fourth-order valence-corrected chi connectivity index (χ4v) is 3.95. The monoisotopic (exact) mass is 524 g/mol. The Morgan fingerprint density at radius 2 is 1.41 bits per heavy atom. The summed E-state index contributed by atoms with van der Waals surface area (Å²) in [7, 11) is 1.54. The third-order valence-corrected chi connectivity index (χ3v) is 6.05. The molecular weight excluding hydrogens is 492 g/mol. The highest BCUT2D eigenvalue weighted by Gasteiger charge is 2.23. The molecule has 2 amide bonds. The maximum absolute atomic E-state index is 13.4. The molecule has 0 radical (unpaired) electrons. The number of methoxy groups -OCH3 is 1. The van der Waals surface area contributed by atoms with Crippen molar-refractivity contribution in [3.8, 4) is 11.5 Å². The summed E-state index contributed by atoms with van der Waals surface area (Å²) in [5.41, 5.74) is 4.26. The lowest BCUT2D eigenvalue weighted by atomic mass is 10.0. The number of anilines is 1. The predicted octanol–water partition coefficient (Wildman–Crippen LogP) is 6.06. The van der Waals surface area contributed by atoms with E-state index in [0.29, 0.717) is 23.8 Å². The topological polar surface area (TPSA) is 85.9 Å². The van der Waals surface area contributed by atoms with Crippen molar-refractivity contribution in [3.05, 3.63) is 125 Å². The molecule has 0 heterocycles. The molecule has 0 spiro atoms. The van der Waals surface area contributed by atoms with Gasteiger partial charge in [-0.05, 0) is 53.4 Å². The number of ether oxygens (including phenoxy) is 3. The molecule has 0 aromatic heterocycles. The van der Waals surface area contributed by atoms with Gasteiger partial charge in [0.2, 0.25) is 5.91 Å². The molecule has 39 heavy (non-hydrogen) atoms. The van der Waals surface area contributed by atoms with Crippen molar-refractivity contribution in [2.75, 3.05) is 12.4 Å². The summed E-state index contributed by atoms with van der Waals surface area (Å²) in [5, 5.41) is 5.62. The van der Waals surface area contributed by atoms with Crippen molar-refractivity contribution < 1.29 is 23.8 Å². The van der Waals surface area contributed by atoms with Crippen molar-refractivity contribution in [3.63, 3.8) is 0 Å². The van der Waals surface area contributed by atoms with Gasteiger partial charge in [-0.25, -0.2) is 4.79 Å². The summed E-state index contributed by atoms with van der Waals surface area (Å²) in [6.45, 7) is 2.48. The average Bonchev–Trinajstić information content (AvgIpc) is 2.96. The van der Waals surface area contributed by atoms with Crippen molar-refractivity contribution in [2.24, 2.45) is 0 Å². The Morgan fingerprint density at radius 1 is 0.769 bits per heavy atom. The lowest BCUT2D eigenvalue weighted by Crippen LogP contribution is -2.45. The number of alkyl carbamates (subject to hydrolysis) is 1. The predicted molar refractivity (Wildman–Crippen MR) is 151 cm³/mol. The average molecular weight is 525 g/mol. The van der Waals surface area contributed by atoms with Gasteiger partial charge in [0, 0.05) is 6.42 Å². The molecule has 0 aliphatic carbocycles. The van der Waals surface area contributed by atoms with Crippen LogP contribution < -0.4 is 20.1 Å². The van der Waals surface area contributed by atoms with Gasteiger partial charge in [-0.15, -0.1) is 0 Å². The van der Waals surface area contributed by atoms with Crippen molar-refractivity contribution in [1.29, 1.82) is 0 Å². The van der Waals surface area contributed by atoms with Crippen molar-refractivity contribution in [2.45, 2.75) is 32.6 Å². The molecular formula is C32H32N2O5. The molecule has 4 aromatic rings. The van der Waals surface area contributed by atoms with Crippen molar-refractivity contribution >= 4 is 17.7 Å². The fraction of sp³-hybridized carbons (Fsp3) is 0.188. The van der Waals surface area contributed by atoms with E-state index in [1.165, 1.54) is 0 Å². The van der Waals surface area contributed by atoms with Crippen LogP contribution in [0.1, 0.15) is 22.3 Å². The van der Waals surface area contributed by atoms with E-state index in [0.717, 1.165) is 22.3 Å². The van der Waals surface area contributed by atoms with Gasteiger partial charge in [0.1, 0.15) is 30.8 Å². The minimum atomic E-state index is -0.894. The van der Waals surface area contributed by atoms with E-state index >= 15 is 0 Å². The molecule has 200 valence electrons. The number of hydrogen-bond donors (Lipinski definition) is 2. The molecule has 7 nitrogen and oxygen atoms in total. The van der Waals surface area contributed by atoms with Crippen LogP contribution in [-0.2, 0) is 29.2 Å². The third-order valence-electron chi connectivity index (χ3n) is 6.05. The maximum Gasteiger partial charge on any atom is 0.408 e. The minimum absolute atomic E-state index is 0.0974.